The van der Waals surface area contributed by atoms with E-state index in [-0.39, 0.29) is 0 Å². The summed E-state index contributed by atoms with van der Waals surface area (Å²) in [4.78, 5) is 0. The maximum Gasteiger partial charge on any atom is 0.203 e. The van der Waals surface area contributed by atoms with Crippen molar-refractivity contribution in [3.05, 3.63) is 65.9 Å². The number of benzene rings is 2. The van der Waals surface area contributed by atoms with Crippen LogP contribution in [0.4, 0.5) is 0 Å². The van der Waals surface area contributed by atoms with Gasteiger partial charge in [-0.05, 0) is 52.6 Å². The van der Waals surface area contributed by atoms with Crippen LogP contribution in [0.5, 0.6) is 17.2 Å². The number of aliphatic hydroxyl groups is 1. The van der Waals surface area contributed by atoms with Crippen LogP contribution in [0.1, 0.15) is 16.7 Å². The fourth-order valence-electron chi connectivity index (χ4n) is 3.40. The minimum atomic E-state index is -1.14. The van der Waals surface area contributed by atoms with Crippen LogP contribution in [0, 0.1) is 0 Å². The Morgan fingerprint density at radius 1 is 1.07 bits per heavy atom. The standard InChI is InChI=1S/C23H26N2O5/c1-14(17-11-20(28-3)23(30-5)21(12-17)29-4)15-6-8-19-18(10-15)16(13-25(19)2)7-9-22(26)24-27/h6-13,22,24,26-27H,1H2,2-5H3/b9-7+. The molecule has 3 aromatic rings. The Hall–Kier alpha value is -3.26. The van der Waals surface area contributed by atoms with Gasteiger partial charge in [-0.3, -0.25) is 0 Å². The van der Waals surface area contributed by atoms with Crippen molar-refractivity contribution in [1.29, 1.82) is 0 Å². The first-order valence-electron chi connectivity index (χ1n) is 9.28. The molecule has 0 aliphatic carbocycles. The number of hydrogen-bond acceptors (Lipinski definition) is 6. The molecule has 0 radical (unpaired) electrons. The molecule has 2 aromatic carbocycles. The molecule has 1 heterocycles. The summed E-state index contributed by atoms with van der Waals surface area (Å²) >= 11 is 0. The van der Waals surface area contributed by atoms with Gasteiger partial charge in [0.1, 0.15) is 6.23 Å². The van der Waals surface area contributed by atoms with E-state index in [0.717, 1.165) is 33.2 Å². The Labute approximate surface area is 175 Å². The van der Waals surface area contributed by atoms with Crippen LogP contribution < -0.4 is 19.7 Å². The Balaban J connectivity index is 2.07. The topological polar surface area (TPSA) is 85.1 Å². The highest BCUT2D eigenvalue weighted by molar-refractivity contribution is 5.93. The molecule has 158 valence electrons. The van der Waals surface area contributed by atoms with Crippen LogP contribution in [-0.4, -0.2) is 42.4 Å². The lowest BCUT2D eigenvalue weighted by molar-refractivity contribution is 0.0323. The average molecular weight is 410 g/mol. The monoisotopic (exact) mass is 410 g/mol. The van der Waals surface area contributed by atoms with Crippen molar-refractivity contribution in [2.24, 2.45) is 7.05 Å². The van der Waals surface area contributed by atoms with Gasteiger partial charge in [-0.2, -0.15) is 5.48 Å². The third-order valence-electron chi connectivity index (χ3n) is 4.97. The molecule has 0 spiro atoms. The van der Waals surface area contributed by atoms with Crippen molar-refractivity contribution in [3.63, 3.8) is 0 Å². The number of hydroxylamine groups is 1. The predicted molar refractivity (Wildman–Crippen MR) is 117 cm³/mol. The maximum absolute atomic E-state index is 9.53. The smallest absolute Gasteiger partial charge is 0.203 e. The molecule has 7 heteroatoms. The van der Waals surface area contributed by atoms with Gasteiger partial charge in [0.05, 0.1) is 21.3 Å². The van der Waals surface area contributed by atoms with E-state index >= 15 is 0 Å². The summed E-state index contributed by atoms with van der Waals surface area (Å²) in [6.45, 7) is 4.27. The molecule has 3 rings (SSSR count). The van der Waals surface area contributed by atoms with Gasteiger partial charge in [0.25, 0.3) is 0 Å². The van der Waals surface area contributed by atoms with Crippen LogP contribution in [0.25, 0.3) is 22.6 Å². The lowest BCUT2D eigenvalue weighted by Gasteiger charge is -2.15. The number of methoxy groups -OCH3 is 3. The first-order chi connectivity index (χ1) is 14.4. The summed E-state index contributed by atoms with van der Waals surface area (Å²) in [7, 11) is 6.67. The minimum Gasteiger partial charge on any atom is -0.493 e. The molecular formula is C23H26N2O5. The van der Waals surface area contributed by atoms with Gasteiger partial charge < -0.3 is 29.1 Å². The number of nitrogens with zero attached hydrogens (tertiary/aromatic N) is 1. The summed E-state index contributed by atoms with van der Waals surface area (Å²) in [5.74, 6) is 1.64. The van der Waals surface area contributed by atoms with Crippen molar-refractivity contribution < 1.29 is 24.5 Å². The molecule has 0 fully saturated rings. The van der Waals surface area contributed by atoms with Gasteiger partial charge in [-0.15, -0.1) is 0 Å². The summed E-state index contributed by atoms with van der Waals surface area (Å²) < 4.78 is 18.3. The van der Waals surface area contributed by atoms with Crippen molar-refractivity contribution in [3.8, 4) is 17.2 Å². The van der Waals surface area contributed by atoms with Crippen LogP contribution in [0.3, 0.4) is 0 Å². The van der Waals surface area contributed by atoms with E-state index in [2.05, 4.69) is 6.58 Å². The largest absolute Gasteiger partial charge is 0.493 e. The van der Waals surface area contributed by atoms with Crippen LogP contribution in [0.2, 0.25) is 0 Å². The number of aliphatic hydroxyl groups excluding tert-OH is 1. The zero-order valence-electron chi connectivity index (χ0n) is 17.5. The lowest BCUT2D eigenvalue weighted by atomic mass is 9.97. The molecular weight excluding hydrogens is 384 g/mol. The second-order valence-electron chi connectivity index (χ2n) is 6.75. The summed E-state index contributed by atoms with van der Waals surface area (Å²) in [6.07, 6.45) is 4.03. The quantitative estimate of drug-likeness (QED) is 0.389. The van der Waals surface area contributed by atoms with Gasteiger partial charge in [-0.1, -0.05) is 18.7 Å². The fourth-order valence-corrected chi connectivity index (χ4v) is 3.40. The van der Waals surface area contributed by atoms with Crippen LogP contribution >= 0.6 is 0 Å². The molecule has 0 saturated carbocycles. The second-order valence-corrected chi connectivity index (χ2v) is 6.75. The third-order valence-corrected chi connectivity index (χ3v) is 4.97. The van der Waals surface area contributed by atoms with Gasteiger partial charge in [0.2, 0.25) is 5.75 Å². The highest BCUT2D eigenvalue weighted by atomic mass is 16.5. The van der Waals surface area contributed by atoms with E-state index in [1.807, 2.05) is 48.1 Å². The number of fused-ring (bicyclic) bond motifs is 1. The Bertz CT molecular complexity index is 1080. The first-order valence-corrected chi connectivity index (χ1v) is 9.28. The Morgan fingerprint density at radius 3 is 2.30 bits per heavy atom. The van der Waals surface area contributed by atoms with Crippen molar-refractivity contribution in [2.75, 3.05) is 21.3 Å². The number of hydrogen-bond donors (Lipinski definition) is 3. The molecule has 3 N–H and O–H groups in total. The summed E-state index contributed by atoms with van der Waals surface area (Å²) in [5, 5.41) is 19.3. The van der Waals surface area contributed by atoms with E-state index in [9.17, 15) is 5.11 Å². The third kappa shape index (κ3) is 4.04. The van der Waals surface area contributed by atoms with Gasteiger partial charge in [0, 0.05) is 24.1 Å². The van der Waals surface area contributed by atoms with Gasteiger partial charge >= 0.3 is 0 Å². The minimum absolute atomic E-state index is 0.526. The molecule has 1 aromatic heterocycles. The predicted octanol–water partition coefficient (Wildman–Crippen LogP) is 3.58. The molecule has 7 nitrogen and oxygen atoms in total. The van der Waals surface area contributed by atoms with Gasteiger partial charge in [0.15, 0.2) is 11.5 Å². The number of aryl methyl sites for hydroxylation is 1. The Morgan fingerprint density at radius 2 is 1.73 bits per heavy atom. The molecule has 0 amide bonds. The van der Waals surface area contributed by atoms with E-state index in [1.165, 1.54) is 6.08 Å². The van der Waals surface area contributed by atoms with Gasteiger partial charge in [-0.25, -0.2) is 0 Å². The van der Waals surface area contributed by atoms with Crippen molar-refractivity contribution in [1.82, 2.24) is 10.0 Å². The zero-order chi connectivity index (χ0) is 21.8. The summed E-state index contributed by atoms with van der Waals surface area (Å²) in [6, 6.07) is 9.79. The van der Waals surface area contributed by atoms with Crippen LogP contribution in [0.15, 0.2) is 49.2 Å². The second kappa shape index (κ2) is 9.04. The zero-order valence-corrected chi connectivity index (χ0v) is 17.5. The van der Waals surface area contributed by atoms with E-state index in [1.54, 1.807) is 32.9 Å². The molecule has 1 unspecified atom stereocenters. The lowest BCUT2D eigenvalue weighted by Crippen LogP contribution is -2.21. The van der Waals surface area contributed by atoms with Crippen molar-refractivity contribution >= 4 is 22.6 Å². The molecule has 0 saturated heterocycles. The summed E-state index contributed by atoms with van der Waals surface area (Å²) in [5.41, 5.74) is 6.29. The van der Waals surface area contributed by atoms with E-state index in [4.69, 9.17) is 19.4 Å². The highest BCUT2D eigenvalue weighted by Crippen LogP contribution is 2.41. The first kappa shape index (κ1) is 21.4. The SMILES string of the molecule is C=C(c1cc(OC)c(OC)c(OC)c1)c1ccc2c(c1)c(/C=C/C(O)NO)cn2C. The van der Waals surface area contributed by atoms with E-state index < -0.39 is 6.23 Å². The number of nitrogens with one attached hydrogen (secondary N) is 1. The molecule has 1 atom stereocenters. The molecule has 30 heavy (non-hydrogen) atoms. The van der Waals surface area contributed by atoms with Crippen LogP contribution in [-0.2, 0) is 7.05 Å². The molecule has 0 aliphatic heterocycles. The van der Waals surface area contributed by atoms with E-state index in [0.29, 0.717) is 17.2 Å². The molecule has 0 bridgehead atoms. The maximum atomic E-state index is 9.53. The normalized spacial score (nSPS) is 12.3. The highest BCUT2D eigenvalue weighted by Gasteiger charge is 2.16. The molecule has 0 aliphatic rings. The fraction of sp³-hybridized carbons (Fsp3) is 0.217. The average Bonchev–Trinajstić information content (AvgIpc) is 3.10. The van der Waals surface area contributed by atoms with Crippen molar-refractivity contribution in [2.45, 2.75) is 6.23 Å². The number of rotatable bonds is 8. The number of aromatic nitrogens is 1. The number of ether oxygens (including phenoxy) is 3. The Kier molecular flexibility index (Phi) is 6.47.